The minimum absolute atomic E-state index is 0.00152. The molecule has 2 amide bonds. The number of fused-ring (bicyclic) bond motifs is 2. The van der Waals surface area contributed by atoms with E-state index in [4.69, 9.17) is 21.1 Å². The standard InChI is InChI=1S/C37H44ClN5O6Si/c1-23-34(50(4,5)30-13-11-29(48-3)12-14-30)33(16-18-42-22-28(17-19-44)40-41-42)49-37(23)31-20-26(38)8-15-32(31)43(36(37)47)21-25-6-9-27(10-7-25)39-35(46)24(2)45/h6-15,20,22-24,33-34,44-45H,16-19,21H2,1-5H3,(H,39,46)/t23-,24+,33+,34-,37+/m1/s1. The molecular formula is C37H44ClN5O6Si. The van der Waals surface area contributed by atoms with Crippen LogP contribution in [0.1, 0.15) is 37.1 Å². The average Bonchev–Trinajstić information content (AvgIpc) is 3.74. The molecule has 1 fully saturated rings. The van der Waals surface area contributed by atoms with Gasteiger partial charge in [-0.25, -0.2) is 0 Å². The molecule has 13 heteroatoms. The van der Waals surface area contributed by atoms with Crippen LogP contribution in [0.4, 0.5) is 11.4 Å². The summed E-state index contributed by atoms with van der Waals surface area (Å²) in [6.07, 6.45) is 1.47. The number of rotatable bonds is 12. The van der Waals surface area contributed by atoms with E-state index in [2.05, 4.69) is 47.8 Å². The van der Waals surface area contributed by atoms with Crippen LogP contribution >= 0.6 is 11.6 Å². The Balaban J connectivity index is 1.36. The summed E-state index contributed by atoms with van der Waals surface area (Å²) >= 11 is 6.65. The van der Waals surface area contributed by atoms with Gasteiger partial charge in [0.1, 0.15) is 11.9 Å². The molecule has 2 aliphatic heterocycles. The van der Waals surface area contributed by atoms with Gasteiger partial charge in [-0.3, -0.25) is 14.3 Å². The fourth-order valence-corrected chi connectivity index (χ4v) is 12.0. The second-order valence-corrected chi connectivity index (χ2v) is 18.9. The summed E-state index contributed by atoms with van der Waals surface area (Å²) in [5.74, 6) is -0.0422. The second kappa shape index (κ2) is 14.3. The molecule has 0 unspecified atom stereocenters. The molecule has 0 saturated carbocycles. The Morgan fingerprint density at radius 1 is 1.14 bits per heavy atom. The second-order valence-electron chi connectivity index (χ2n) is 13.8. The van der Waals surface area contributed by atoms with E-state index in [-0.39, 0.29) is 36.6 Å². The van der Waals surface area contributed by atoms with E-state index < -0.39 is 25.7 Å². The highest BCUT2D eigenvalue weighted by Crippen LogP contribution is 2.60. The lowest BCUT2D eigenvalue weighted by atomic mass is 9.82. The Bertz CT molecular complexity index is 1850. The number of amides is 2. The third kappa shape index (κ3) is 6.58. The first-order valence-electron chi connectivity index (χ1n) is 16.9. The summed E-state index contributed by atoms with van der Waals surface area (Å²) in [5.41, 5.74) is 2.43. The molecule has 5 atom stereocenters. The number of aliphatic hydroxyl groups is 2. The highest BCUT2D eigenvalue weighted by Gasteiger charge is 2.66. The lowest BCUT2D eigenvalue weighted by Gasteiger charge is -2.37. The minimum atomic E-state index is -2.35. The fourth-order valence-electron chi connectivity index (χ4n) is 7.77. The number of benzene rings is 3. The zero-order valence-corrected chi connectivity index (χ0v) is 30.7. The number of ether oxygens (including phenoxy) is 2. The third-order valence-corrected chi connectivity index (χ3v) is 14.9. The van der Waals surface area contributed by atoms with Crippen molar-refractivity contribution in [2.24, 2.45) is 5.92 Å². The van der Waals surface area contributed by atoms with Gasteiger partial charge in [0.2, 0.25) is 0 Å². The molecule has 2 aliphatic rings. The molecule has 6 rings (SSSR count). The molecule has 3 N–H and O–H groups in total. The average molecular weight is 718 g/mol. The van der Waals surface area contributed by atoms with Crippen LogP contribution in [0.3, 0.4) is 0 Å². The summed E-state index contributed by atoms with van der Waals surface area (Å²) in [6.45, 7) is 9.06. The molecular weight excluding hydrogens is 674 g/mol. The highest BCUT2D eigenvalue weighted by atomic mass is 35.5. The van der Waals surface area contributed by atoms with Gasteiger partial charge in [0, 0.05) is 48.0 Å². The number of nitrogens with one attached hydrogen (secondary N) is 1. The quantitative estimate of drug-likeness (QED) is 0.180. The van der Waals surface area contributed by atoms with Crippen molar-refractivity contribution in [3.8, 4) is 5.75 Å². The molecule has 3 heterocycles. The maximum Gasteiger partial charge on any atom is 0.264 e. The largest absolute Gasteiger partial charge is 0.497 e. The first-order chi connectivity index (χ1) is 23.9. The number of anilines is 2. The monoisotopic (exact) mass is 717 g/mol. The van der Waals surface area contributed by atoms with Crippen molar-refractivity contribution in [3.63, 3.8) is 0 Å². The van der Waals surface area contributed by atoms with E-state index in [1.807, 2.05) is 42.6 Å². The SMILES string of the molecule is COc1ccc([Si](C)(C)[C@H]2[C@H](CCn3cc(CCO)nn3)O[C@@]3(C(=O)N(Cc4ccc(NC(=O)[C@H](C)O)cc4)c4ccc(Cl)cc43)[C@@H]2C)cc1. The number of aliphatic hydroxyl groups excluding tert-OH is 2. The van der Waals surface area contributed by atoms with Crippen LogP contribution in [0.25, 0.3) is 0 Å². The molecule has 0 aliphatic carbocycles. The topological polar surface area (TPSA) is 139 Å². The zero-order chi connectivity index (χ0) is 35.8. The van der Waals surface area contributed by atoms with Crippen molar-refractivity contribution in [1.29, 1.82) is 0 Å². The predicted molar refractivity (Wildman–Crippen MR) is 194 cm³/mol. The molecule has 1 spiro atoms. The van der Waals surface area contributed by atoms with Gasteiger partial charge in [-0.1, -0.05) is 66.3 Å². The molecule has 4 aromatic rings. The Kier molecular flexibility index (Phi) is 10.2. The van der Waals surface area contributed by atoms with Gasteiger partial charge >= 0.3 is 0 Å². The first kappa shape index (κ1) is 35.7. The fraction of sp³-hybridized carbons (Fsp3) is 0.405. The maximum absolute atomic E-state index is 15.0. The third-order valence-electron chi connectivity index (χ3n) is 10.3. The summed E-state index contributed by atoms with van der Waals surface area (Å²) in [6, 6.07) is 21.1. The van der Waals surface area contributed by atoms with Crippen LogP contribution in [-0.4, -0.2) is 71.0 Å². The van der Waals surface area contributed by atoms with Crippen LogP contribution in [-0.2, 0) is 39.4 Å². The molecule has 3 aromatic carbocycles. The number of nitrogens with zero attached hydrogens (tertiary/aromatic N) is 4. The van der Waals surface area contributed by atoms with E-state index in [0.29, 0.717) is 30.1 Å². The number of halogens is 1. The molecule has 264 valence electrons. The van der Waals surface area contributed by atoms with Crippen LogP contribution in [0, 0.1) is 5.92 Å². The number of aromatic nitrogens is 3. The lowest BCUT2D eigenvalue weighted by Crippen LogP contribution is -2.51. The normalized spacial score (nSPS) is 22.2. The number of methoxy groups -OCH3 is 1. The van der Waals surface area contributed by atoms with E-state index in [1.54, 1.807) is 34.9 Å². The Hall–Kier alpha value is -4.07. The van der Waals surface area contributed by atoms with Crippen molar-refractivity contribution in [2.75, 3.05) is 23.9 Å². The maximum atomic E-state index is 15.0. The van der Waals surface area contributed by atoms with Crippen molar-refractivity contribution < 1.29 is 29.3 Å². The van der Waals surface area contributed by atoms with Gasteiger partial charge in [0.25, 0.3) is 11.8 Å². The Morgan fingerprint density at radius 2 is 1.86 bits per heavy atom. The minimum Gasteiger partial charge on any atom is -0.497 e. The Labute approximate surface area is 298 Å². The summed E-state index contributed by atoms with van der Waals surface area (Å²) in [7, 11) is -0.694. The number of hydrogen-bond donors (Lipinski definition) is 3. The van der Waals surface area contributed by atoms with E-state index in [1.165, 1.54) is 12.1 Å². The van der Waals surface area contributed by atoms with Crippen LogP contribution in [0.2, 0.25) is 23.7 Å². The summed E-state index contributed by atoms with van der Waals surface area (Å²) < 4.78 is 14.4. The molecule has 50 heavy (non-hydrogen) atoms. The molecule has 1 saturated heterocycles. The van der Waals surface area contributed by atoms with Crippen LogP contribution in [0.15, 0.2) is 72.9 Å². The van der Waals surface area contributed by atoms with E-state index in [0.717, 1.165) is 28.3 Å². The van der Waals surface area contributed by atoms with Gasteiger partial charge in [-0.2, -0.15) is 0 Å². The molecule has 11 nitrogen and oxygen atoms in total. The smallest absolute Gasteiger partial charge is 0.264 e. The predicted octanol–water partition coefficient (Wildman–Crippen LogP) is 4.65. The van der Waals surface area contributed by atoms with Gasteiger partial charge in [-0.05, 0) is 66.9 Å². The van der Waals surface area contributed by atoms with Crippen molar-refractivity contribution in [3.05, 3.63) is 94.8 Å². The van der Waals surface area contributed by atoms with Gasteiger partial charge in [0.15, 0.2) is 5.60 Å². The molecule has 0 radical (unpaired) electrons. The van der Waals surface area contributed by atoms with Crippen molar-refractivity contribution in [2.45, 2.75) is 76.2 Å². The number of aryl methyl sites for hydroxylation is 1. The van der Waals surface area contributed by atoms with Gasteiger partial charge in [-0.15, -0.1) is 5.10 Å². The van der Waals surface area contributed by atoms with Gasteiger partial charge in [0.05, 0.1) is 39.2 Å². The molecule has 0 bridgehead atoms. The van der Waals surface area contributed by atoms with Crippen molar-refractivity contribution >= 4 is 48.1 Å². The number of carbonyl (C=O) groups excluding carboxylic acids is 2. The van der Waals surface area contributed by atoms with Gasteiger partial charge < -0.3 is 29.9 Å². The lowest BCUT2D eigenvalue weighted by molar-refractivity contribution is -0.146. The van der Waals surface area contributed by atoms with Crippen LogP contribution in [0.5, 0.6) is 5.75 Å². The summed E-state index contributed by atoms with van der Waals surface area (Å²) in [5, 5.41) is 31.9. The van der Waals surface area contributed by atoms with E-state index >= 15 is 4.79 Å². The number of hydrogen-bond acceptors (Lipinski definition) is 8. The van der Waals surface area contributed by atoms with E-state index in [9.17, 15) is 15.0 Å². The van der Waals surface area contributed by atoms with Crippen molar-refractivity contribution in [1.82, 2.24) is 15.0 Å². The zero-order valence-electron chi connectivity index (χ0n) is 29.0. The highest BCUT2D eigenvalue weighted by molar-refractivity contribution is 6.91. The number of carbonyl (C=O) groups is 2. The molecule has 1 aromatic heterocycles. The van der Waals surface area contributed by atoms with Crippen LogP contribution < -0.4 is 20.1 Å². The first-order valence-corrected chi connectivity index (χ1v) is 20.4. The Morgan fingerprint density at radius 3 is 2.52 bits per heavy atom. The summed E-state index contributed by atoms with van der Waals surface area (Å²) in [4.78, 5) is 28.8.